The van der Waals surface area contributed by atoms with Crippen molar-refractivity contribution in [1.29, 1.82) is 0 Å². The fourth-order valence-electron chi connectivity index (χ4n) is 2.88. The van der Waals surface area contributed by atoms with Crippen LogP contribution in [0.4, 0.5) is 26.3 Å². The van der Waals surface area contributed by atoms with Gasteiger partial charge in [0.25, 0.3) is 11.2 Å². The van der Waals surface area contributed by atoms with Crippen LogP contribution in [0.15, 0.2) is 21.7 Å². The topological polar surface area (TPSA) is 75.1 Å². The minimum Gasteiger partial charge on any atom is -0.369 e. The fraction of sp³-hybridized carbons (Fsp3) is 0.500. The van der Waals surface area contributed by atoms with E-state index in [0.29, 0.717) is 23.1 Å². The summed E-state index contributed by atoms with van der Waals surface area (Å²) in [5.41, 5.74) is -8.80. The molecule has 27 heavy (non-hydrogen) atoms. The van der Waals surface area contributed by atoms with Crippen molar-refractivity contribution >= 4 is 10.9 Å². The number of nitrogens with one attached hydrogen (secondary N) is 1. The van der Waals surface area contributed by atoms with Crippen molar-refractivity contribution in [3.63, 3.8) is 0 Å². The SMILES string of the molecule is CCCc1cc(C(O)(C(F)(F)F)C(F)(F)F)cc2c(=O)n(CC)c(=O)[nH]c12. The second-order valence-corrected chi connectivity index (χ2v) is 5.99. The van der Waals surface area contributed by atoms with Crippen LogP contribution in [0.25, 0.3) is 10.9 Å². The number of alkyl halides is 6. The highest BCUT2D eigenvalue weighted by Gasteiger charge is 2.71. The highest BCUT2D eigenvalue weighted by Crippen LogP contribution is 2.50. The van der Waals surface area contributed by atoms with Gasteiger partial charge in [-0.3, -0.25) is 9.36 Å². The molecule has 0 spiro atoms. The first-order valence-corrected chi connectivity index (χ1v) is 7.95. The molecule has 2 aromatic rings. The van der Waals surface area contributed by atoms with Gasteiger partial charge in [0.05, 0.1) is 10.9 Å². The first kappa shape index (κ1) is 21.0. The predicted octanol–water partition coefficient (Wildman–Crippen LogP) is 2.97. The van der Waals surface area contributed by atoms with Gasteiger partial charge in [-0.05, 0) is 25.0 Å². The van der Waals surface area contributed by atoms with E-state index in [1.807, 2.05) is 0 Å². The summed E-state index contributed by atoms with van der Waals surface area (Å²) >= 11 is 0. The van der Waals surface area contributed by atoms with Crippen LogP contribution in [-0.4, -0.2) is 27.0 Å². The molecule has 0 amide bonds. The summed E-state index contributed by atoms with van der Waals surface area (Å²) in [4.78, 5) is 26.7. The van der Waals surface area contributed by atoms with E-state index >= 15 is 0 Å². The predicted molar refractivity (Wildman–Crippen MR) is 84.5 cm³/mol. The van der Waals surface area contributed by atoms with Crippen LogP contribution in [0.5, 0.6) is 0 Å². The molecule has 0 saturated carbocycles. The molecule has 0 aliphatic carbocycles. The second kappa shape index (κ2) is 6.70. The van der Waals surface area contributed by atoms with Crippen LogP contribution in [0.1, 0.15) is 31.4 Å². The second-order valence-electron chi connectivity index (χ2n) is 5.99. The molecule has 0 saturated heterocycles. The van der Waals surface area contributed by atoms with E-state index in [-0.39, 0.29) is 24.0 Å². The number of aromatic nitrogens is 2. The maximum atomic E-state index is 13.2. The molecule has 0 atom stereocenters. The fourth-order valence-corrected chi connectivity index (χ4v) is 2.88. The Balaban J connectivity index is 3.02. The van der Waals surface area contributed by atoms with E-state index in [1.54, 1.807) is 6.92 Å². The lowest BCUT2D eigenvalue weighted by molar-refractivity contribution is -0.376. The molecular weight excluding hydrogens is 382 g/mol. The van der Waals surface area contributed by atoms with Crippen molar-refractivity contribution in [1.82, 2.24) is 9.55 Å². The Bertz CT molecular complexity index is 957. The summed E-state index contributed by atoms with van der Waals surface area (Å²) < 4.78 is 79.9. The zero-order chi connectivity index (χ0) is 20.8. The quantitative estimate of drug-likeness (QED) is 0.778. The molecule has 0 bridgehead atoms. The van der Waals surface area contributed by atoms with Crippen LogP contribution in [0, 0.1) is 0 Å². The summed E-state index contributed by atoms with van der Waals surface area (Å²) in [5.74, 6) is 0. The molecule has 2 N–H and O–H groups in total. The van der Waals surface area contributed by atoms with Gasteiger partial charge in [0.2, 0.25) is 0 Å². The van der Waals surface area contributed by atoms with Crippen molar-refractivity contribution in [3.8, 4) is 0 Å². The van der Waals surface area contributed by atoms with Gasteiger partial charge >= 0.3 is 18.0 Å². The van der Waals surface area contributed by atoms with Gasteiger partial charge in [-0.1, -0.05) is 19.4 Å². The lowest BCUT2D eigenvalue weighted by atomic mass is 9.88. The van der Waals surface area contributed by atoms with Gasteiger partial charge in [0.15, 0.2) is 0 Å². The summed E-state index contributed by atoms with van der Waals surface area (Å²) in [5, 5.41) is 9.11. The Kier molecular flexibility index (Phi) is 5.21. The Morgan fingerprint density at radius 2 is 1.59 bits per heavy atom. The van der Waals surface area contributed by atoms with Gasteiger partial charge in [-0.15, -0.1) is 0 Å². The number of hydrogen-bond acceptors (Lipinski definition) is 3. The van der Waals surface area contributed by atoms with E-state index in [4.69, 9.17) is 0 Å². The summed E-state index contributed by atoms with van der Waals surface area (Å²) in [7, 11) is 0. The smallest absolute Gasteiger partial charge is 0.369 e. The lowest BCUT2D eigenvalue weighted by Gasteiger charge is -2.33. The van der Waals surface area contributed by atoms with Crippen LogP contribution in [0.3, 0.4) is 0 Å². The zero-order valence-corrected chi connectivity index (χ0v) is 14.3. The monoisotopic (exact) mass is 398 g/mol. The van der Waals surface area contributed by atoms with E-state index in [1.165, 1.54) is 6.92 Å². The molecule has 1 heterocycles. The summed E-state index contributed by atoms with van der Waals surface area (Å²) in [6.45, 7) is 2.89. The average molecular weight is 398 g/mol. The molecule has 1 aromatic heterocycles. The van der Waals surface area contributed by atoms with Gasteiger partial charge in [-0.2, -0.15) is 26.3 Å². The molecule has 0 radical (unpaired) electrons. The minimum absolute atomic E-state index is 0.0122. The molecule has 0 aliphatic heterocycles. The van der Waals surface area contributed by atoms with Gasteiger partial charge < -0.3 is 10.1 Å². The minimum atomic E-state index is -6.08. The average Bonchev–Trinajstić information content (AvgIpc) is 2.53. The van der Waals surface area contributed by atoms with Gasteiger partial charge in [-0.25, -0.2) is 4.79 Å². The van der Waals surface area contributed by atoms with E-state index in [9.17, 15) is 41.0 Å². The number of aryl methyl sites for hydroxylation is 1. The van der Waals surface area contributed by atoms with E-state index in [0.717, 1.165) is 0 Å². The van der Waals surface area contributed by atoms with Crippen LogP contribution in [-0.2, 0) is 18.6 Å². The number of halogens is 6. The maximum absolute atomic E-state index is 13.2. The third-order valence-corrected chi connectivity index (χ3v) is 4.25. The third kappa shape index (κ3) is 3.24. The molecule has 0 aliphatic rings. The Hall–Kier alpha value is -2.30. The van der Waals surface area contributed by atoms with Crippen molar-refractivity contribution in [2.75, 3.05) is 0 Å². The summed E-state index contributed by atoms with van der Waals surface area (Å²) in [6.07, 6.45) is -11.8. The van der Waals surface area contributed by atoms with E-state index in [2.05, 4.69) is 4.98 Å². The number of H-pyrrole nitrogens is 1. The van der Waals surface area contributed by atoms with Crippen LogP contribution >= 0.6 is 0 Å². The number of fused-ring (bicyclic) bond motifs is 1. The van der Waals surface area contributed by atoms with Gasteiger partial charge in [0, 0.05) is 12.1 Å². The van der Waals surface area contributed by atoms with Crippen molar-refractivity contribution in [2.45, 2.75) is 51.2 Å². The first-order valence-electron chi connectivity index (χ1n) is 7.95. The standard InChI is InChI=1S/C16H16F6N2O3/c1-3-5-8-6-9(14(27,15(17,18)19)16(20,21)22)7-10-11(8)23-13(26)24(4-2)12(10)25/h6-7,27H,3-5H2,1-2H3,(H,23,26). The highest BCUT2D eigenvalue weighted by atomic mass is 19.4. The molecular formula is C16H16F6N2O3. The van der Waals surface area contributed by atoms with Crippen molar-refractivity contribution in [2.24, 2.45) is 0 Å². The first-order chi connectivity index (χ1) is 12.3. The molecule has 0 fully saturated rings. The van der Waals surface area contributed by atoms with E-state index < -0.39 is 40.2 Å². The molecule has 150 valence electrons. The van der Waals surface area contributed by atoms with Crippen LogP contribution in [0.2, 0.25) is 0 Å². The Morgan fingerprint density at radius 1 is 1.04 bits per heavy atom. The molecule has 2 rings (SSSR count). The molecule has 0 unspecified atom stereocenters. The molecule has 11 heteroatoms. The number of hydrogen-bond donors (Lipinski definition) is 2. The maximum Gasteiger partial charge on any atom is 0.430 e. The van der Waals surface area contributed by atoms with Crippen LogP contribution < -0.4 is 11.2 Å². The van der Waals surface area contributed by atoms with Crippen molar-refractivity contribution < 1.29 is 31.4 Å². The lowest BCUT2D eigenvalue weighted by Crippen LogP contribution is -2.54. The number of nitrogens with zero attached hydrogens (tertiary/aromatic N) is 1. The van der Waals surface area contributed by atoms with Gasteiger partial charge in [0.1, 0.15) is 0 Å². The number of rotatable bonds is 4. The largest absolute Gasteiger partial charge is 0.430 e. The van der Waals surface area contributed by atoms with Crippen molar-refractivity contribution in [3.05, 3.63) is 44.1 Å². The summed E-state index contributed by atoms with van der Waals surface area (Å²) in [6, 6.07) is 0.860. The Labute approximate surface area is 148 Å². The normalized spacial score (nSPS) is 13.4. The molecule has 1 aromatic carbocycles. The Morgan fingerprint density at radius 3 is 2.04 bits per heavy atom. The number of benzene rings is 1. The third-order valence-electron chi connectivity index (χ3n) is 4.25. The number of aromatic amines is 1. The molecule has 5 nitrogen and oxygen atoms in total. The zero-order valence-electron chi connectivity index (χ0n) is 14.3. The highest BCUT2D eigenvalue weighted by molar-refractivity contribution is 5.82. The number of aliphatic hydroxyl groups is 1.